The Morgan fingerprint density at radius 1 is 1.25 bits per heavy atom. The van der Waals surface area contributed by atoms with Gasteiger partial charge >= 0.3 is 5.97 Å². The van der Waals surface area contributed by atoms with Crippen LogP contribution in [-0.2, 0) is 17.8 Å². The summed E-state index contributed by atoms with van der Waals surface area (Å²) in [5.74, 6) is -0.765. The van der Waals surface area contributed by atoms with Crippen molar-refractivity contribution >= 4 is 5.97 Å². The first-order valence-corrected chi connectivity index (χ1v) is 5.76. The number of carbonyl (C=O) groups is 1. The molecular weight excluding hydrogens is 202 g/mol. The van der Waals surface area contributed by atoms with Crippen LogP contribution in [0.1, 0.15) is 24.0 Å². The van der Waals surface area contributed by atoms with Crippen molar-refractivity contribution in [3.05, 3.63) is 35.4 Å². The van der Waals surface area contributed by atoms with Crippen molar-refractivity contribution < 1.29 is 9.90 Å². The van der Waals surface area contributed by atoms with Crippen molar-refractivity contribution in [2.24, 2.45) is 0 Å². The summed E-state index contributed by atoms with van der Waals surface area (Å²) in [7, 11) is 0. The van der Waals surface area contributed by atoms with Gasteiger partial charge in [0.1, 0.15) is 0 Å². The third kappa shape index (κ3) is 3.07. The number of aliphatic carboxylic acids is 1. The fraction of sp³-hybridized carbons (Fsp3) is 0.462. The van der Waals surface area contributed by atoms with Crippen molar-refractivity contribution in [3.8, 4) is 0 Å². The van der Waals surface area contributed by atoms with Crippen LogP contribution in [0.5, 0.6) is 0 Å². The molecule has 0 aliphatic carbocycles. The van der Waals surface area contributed by atoms with E-state index in [2.05, 4.69) is 11.0 Å². The minimum Gasteiger partial charge on any atom is -0.481 e. The van der Waals surface area contributed by atoms with Crippen LogP contribution in [0.15, 0.2) is 24.3 Å². The highest BCUT2D eigenvalue weighted by Crippen LogP contribution is 2.14. The van der Waals surface area contributed by atoms with Gasteiger partial charge in [0, 0.05) is 6.54 Å². The number of benzene rings is 1. The Morgan fingerprint density at radius 3 is 2.62 bits per heavy atom. The molecule has 86 valence electrons. The third-order valence-electron chi connectivity index (χ3n) is 2.95. The van der Waals surface area contributed by atoms with Gasteiger partial charge in [0.15, 0.2) is 0 Å². The van der Waals surface area contributed by atoms with Crippen molar-refractivity contribution in [1.29, 1.82) is 0 Å². The van der Waals surface area contributed by atoms with Gasteiger partial charge in [-0.1, -0.05) is 24.3 Å². The van der Waals surface area contributed by atoms with E-state index in [-0.39, 0.29) is 6.42 Å². The van der Waals surface area contributed by atoms with Gasteiger partial charge in [-0.2, -0.15) is 0 Å². The second-order valence-corrected chi connectivity index (χ2v) is 4.37. The van der Waals surface area contributed by atoms with Crippen LogP contribution < -0.4 is 0 Å². The van der Waals surface area contributed by atoms with Gasteiger partial charge < -0.3 is 5.11 Å². The molecule has 0 spiro atoms. The average Bonchev–Trinajstić information content (AvgIpc) is 2.70. The summed E-state index contributed by atoms with van der Waals surface area (Å²) in [5.41, 5.74) is 2.12. The number of hydrogen-bond donors (Lipinski definition) is 1. The van der Waals surface area contributed by atoms with Crippen molar-refractivity contribution in [1.82, 2.24) is 4.90 Å². The number of carboxylic acid groups (broad SMARTS) is 1. The Hall–Kier alpha value is -1.35. The summed E-state index contributed by atoms with van der Waals surface area (Å²) >= 11 is 0. The number of carboxylic acids is 1. The lowest BCUT2D eigenvalue weighted by Crippen LogP contribution is -2.18. The van der Waals surface area contributed by atoms with E-state index in [1.807, 2.05) is 18.2 Å². The minimum atomic E-state index is -0.765. The van der Waals surface area contributed by atoms with E-state index in [9.17, 15) is 4.79 Å². The zero-order chi connectivity index (χ0) is 11.4. The third-order valence-corrected chi connectivity index (χ3v) is 2.95. The Morgan fingerprint density at radius 2 is 1.94 bits per heavy atom. The largest absolute Gasteiger partial charge is 0.481 e. The van der Waals surface area contributed by atoms with Crippen molar-refractivity contribution in [2.45, 2.75) is 25.8 Å². The number of nitrogens with zero attached hydrogens (tertiary/aromatic N) is 1. The molecule has 16 heavy (non-hydrogen) atoms. The molecule has 1 aliphatic heterocycles. The number of likely N-dealkylation sites (tertiary alicyclic amines) is 1. The van der Waals surface area contributed by atoms with E-state index in [4.69, 9.17) is 5.11 Å². The van der Waals surface area contributed by atoms with Crippen molar-refractivity contribution in [3.63, 3.8) is 0 Å². The molecule has 1 aromatic carbocycles. The quantitative estimate of drug-likeness (QED) is 0.841. The van der Waals surface area contributed by atoms with E-state index in [1.54, 1.807) is 0 Å². The molecule has 0 atom stereocenters. The SMILES string of the molecule is O=C(O)Cc1cccc(CN2CCCC2)c1. The van der Waals surface area contributed by atoms with Gasteiger partial charge in [-0.3, -0.25) is 9.69 Å². The second kappa shape index (κ2) is 5.12. The number of hydrogen-bond acceptors (Lipinski definition) is 2. The second-order valence-electron chi connectivity index (χ2n) is 4.37. The molecule has 1 saturated heterocycles. The molecule has 0 aromatic heterocycles. The van der Waals surface area contributed by atoms with Crippen LogP contribution in [-0.4, -0.2) is 29.1 Å². The molecule has 0 radical (unpaired) electrons. The molecule has 0 amide bonds. The van der Waals surface area contributed by atoms with E-state index in [0.717, 1.165) is 12.1 Å². The lowest BCUT2D eigenvalue weighted by atomic mass is 10.1. The molecule has 1 N–H and O–H groups in total. The maximum Gasteiger partial charge on any atom is 0.307 e. The standard InChI is InChI=1S/C13H17NO2/c15-13(16)9-11-4-3-5-12(8-11)10-14-6-1-2-7-14/h3-5,8H,1-2,6-7,9-10H2,(H,15,16). The molecule has 0 bridgehead atoms. The fourth-order valence-electron chi connectivity index (χ4n) is 2.21. The summed E-state index contributed by atoms with van der Waals surface area (Å²) in [6.07, 6.45) is 2.69. The average molecular weight is 219 g/mol. The summed E-state index contributed by atoms with van der Waals surface area (Å²) in [4.78, 5) is 13.0. The van der Waals surface area contributed by atoms with Gasteiger partial charge in [0.05, 0.1) is 6.42 Å². The van der Waals surface area contributed by atoms with Gasteiger partial charge in [-0.25, -0.2) is 0 Å². The number of rotatable bonds is 4. The van der Waals surface area contributed by atoms with E-state index in [0.29, 0.717) is 0 Å². The van der Waals surface area contributed by atoms with E-state index >= 15 is 0 Å². The highest BCUT2D eigenvalue weighted by molar-refractivity contribution is 5.70. The van der Waals surface area contributed by atoms with Gasteiger partial charge in [-0.15, -0.1) is 0 Å². The maximum atomic E-state index is 10.6. The lowest BCUT2D eigenvalue weighted by Gasteiger charge is -2.14. The predicted octanol–water partition coefficient (Wildman–Crippen LogP) is 1.91. The molecule has 3 heteroatoms. The fourth-order valence-corrected chi connectivity index (χ4v) is 2.21. The van der Waals surface area contributed by atoms with Gasteiger partial charge in [0.25, 0.3) is 0 Å². The Balaban J connectivity index is 2.00. The van der Waals surface area contributed by atoms with Crippen LogP contribution in [0.25, 0.3) is 0 Å². The molecule has 0 saturated carbocycles. The first kappa shape index (κ1) is 11.1. The Kier molecular flexibility index (Phi) is 3.57. The lowest BCUT2D eigenvalue weighted by molar-refractivity contribution is -0.136. The van der Waals surface area contributed by atoms with E-state index < -0.39 is 5.97 Å². The molecule has 1 heterocycles. The predicted molar refractivity (Wildman–Crippen MR) is 62.3 cm³/mol. The normalized spacial score (nSPS) is 16.5. The van der Waals surface area contributed by atoms with Crippen molar-refractivity contribution in [2.75, 3.05) is 13.1 Å². The van der Waals surface area contributed by atoms with Gasteiger partial charge in [0.2, 0.25) is 0 Å². The summed E-state index contributed by atoms with van der Waals surface area (Å²) in [6.45, 7) is 3.29. The molecule has 1 aliphatic rings. The minimum absolute atomic E-state index is 0.119. The smallest absolute Gasteiger partial charge is 0.307 e. The highest BCUT2D eigenvalue weighted by Gasteiger charge is 2.11. The van der Waals surface area contributed by atoms with Crippen LogP contribution in [0.4, 0.5) is 0 Å². The van der Waals surface area contributed by atoms with Gasteiger partial charge in [-0.05, 0) is 37.1 Å². The first-order chi connectivity index (χ1) is 7.74. The zero-order valence-corrected chi connectivity index (χ0v) is 9.35. The van der Waals surface area contributed by atoms with Crippen LogP contribution in [0.3, 0.4) is 0 Å². The summed E-state index contributed by atoms with van der Waals surface area (Å²) < 4.78 is 0. The Labute approximate surface area is 95.7 Å². The monoisotopic (exact) mass is 219 g/mol. The maximum absolute atomic E-state index is 10.6. The molecular formula is C13H17NO2. The van der Waals surface area contributed by atoms with Crippen LogP contribution in [0.2, 0.25) is 0 Å². The molecule has 3 nitrogen and oxygen atoms in total. The molecule has 0 unspecified atom stereocenters. The molecule has 1 fully saturated rings. The molecule has 2 rings (SSSR count). The zero-order valence-electron chi connectivity index (χ0n) is 9.35. The summed E-state index contributed by atoms with van der Waals surface area (Å²) in [6, 6.07) is 7.90. The van der Waals surface area contributed by atoms with Crippen LogP contribution in [0, 0.1) is 0 Å². The van der Waals surface area contributed by atoms with Crippen LogP contribution >= 0.6 is 0 Å². The summed E-state index contributed by atoms with van der Waals surface area (Å²) in [5, 5.41) is 8.73. The highest BCUT2D eigenvalue weighted by atomic mass is 16.4. The topological polar surface area (TPSA) is 40.5 Å². The Bertz CT molecular complexity index is 370. The van der Waals surface area contributed by atoms with E-state index in [1.165, 1.54) is 31.5 Å². The first-order valence-electron chi connectivity index (χ1n) is 5.76. The molecule has 1 aromatic rings.